The SMILES string of the molecule is Nc1c(CBr)ccc2c(C=O)csc12. The van der Waals surface area contributed by atoms with Crippen molar-refractivity contribution in [3.05, 3.63) is 28.6 Å². The molecule has 2 N–H and O–H groups in total. The summed E-state index contributed by atoms with van der Waals surface area (Å²) in [6, 6.07) is 3.90. The zero-order valence-electron chi connectivity index (χ0n) is 7.29. The molecule has 14 heavy (non-hydrogen) atoms. The standard InChI is InChI=1S/C10H8BrNOS/c11-3-6-1-2-8-7(4-13)5-14-10(8)9(6)12/h1-2,4-5H,3,12H2. The lowest BCUT2D eigenvalue weighted by Crippen LogP contribution is -1.91. The molecule has 1 heterocycles. The number of fused-ring (bicyclic) bond motifs is 1. The lowest BCUT2D eigenvalue weighted by Gasteiger charge is -2.02. The third kappa shape index (κ3) is 1.35. The summed E-state index contributed by atoms with van der Waals surface area (Å²) >= 11 is 4.89. The van der Waals surface area contributed by atoms with Crippen LogP contribution in [0.2, 0.25) is 0 Å². The van der Waals surface area contributed by atoms with E-state index in [9.17, 15) is 4.79 Å². The van der Waals surface area contributed by atoms with Crippen molar-refractivity contribution in [2.75, 3.05) is 5.73 Å². The Balaban J connectivity index is 2.78. The number of aldehydes is 1. The van der Waals surface area contributed by atoms with Crippen LogP contribution >= 0.6 is 27.3 Å². The highest BCUT2D eigenvalue weighted by Gasteiger charge is 2.08. The van der Waals surface area contributed by atoms with E-state index in [4.69, 9.17) is 5.73 Å². The maximum absolute atomic E-state index is 10.7. The first-order valence-corrected chi connectivity index (χ1v) is 6.07. The van der Waals surface area contributed by atoms with E-state index in [2.05, 4.69) is 15.9 Å². The van der Waals surface area contributed by atoms with E-state index in [-0.39, 0.29) is 0 Å². The van der Waals surface area contributed by atoms with Gasteiger partial charge in [-0.05, 0) is 5.56 Å². The van der Waals surface area contributed by atoms with Gasteiger partial charge in [0, 0.05) is 21.7 Å². The predicted molar refractivity (Wildman–Crippen MR) is 64.3 cm³/mol. The highest BCUT2D eigenvalue weighted by molar-refractivity contribution is 9.08. The van der Waals surface area contributed by atoms with Crippen molar-refractivity contribution < 1.29 is 4.79 Å². The van der Waals surface area contributed by atoms with Crippen LogP contribution < -0.4 is 5.73 Å². The van der Waals surface area contributed by atoms with Gasteiger partial charge in [-0.3, -0.25) is 4.79 Å². The molecule has 1 aromatic carbocycles. The highest BCUT2D eigenvalue weighted by Crippen LogP contribution is 2.33. The molecule has 0 atom stereocenters. The van der Waals surface area contributed by atoms with Crippen molar-refractivity contribution in [2.45, 2.75) is 5.33 Å². The molecule has 0 amide bonds. The Morgan fingerprint density at radius 1 is 1.50 bits per heavy atom. The number of nitrogens with two attached hydrogens (primary N) is 1. The second kappa shape index (κ2) is 3.71. The number of thiophene rings is 1. The molecule has 0 fully saturated rings. The van der Waals surface area contributed by atoms with Gasteiger partial charge < -0.3 is 5.73 Å². The predicted octanol–water partition coefficient (Wildman–Crippen LogP) is 3.19. The average molecular weight is 270 g/mol. The largest absolute Gasteiger partial charge is 0.397 e. The number of nitrogen functional groups attached to an aromatic ring is 1. The zero-order valence-corrected chi connectivity index (χ0v) is 9.69. The monoisotopic (exact) mass is 269 g/mol. The highest BCUT2D eigenvalue weighted by atomic mass is 79.9. The van der Waals surface area contributed by atoms with Crippen LogP contribution in [0, 0.1) is 0 Å². The van der Waals surface area contributed by atoms with E-state index in [0.29, 0.717) is 0 Å². The molecule has 0 radical (unpaired) electrons. The van der Waals surface area contributed by atoms with Gasteiger partial charge in [0.2, 0.25) is 0 Å². The maximum Gasteiger partial charge on any atom is 0.151 e. The van der Waals surface area contributed by atoms with Crippen LogP contribution in [0.3, 0.4) is 0 Å². The van der Waals surface area contributed by atoms with Crippen molar-refractivity contribution >= 4 is 49.3 Å². The fourth-order valence-electron chi connectivity index (χ4n) is 1.39. The molecule has 2 nitrogen and oxygen atoms in total. The first-order valence-electron chi connectivity index (χ1n) is 4.07. The summed E-state index contributed by atoms with van der Waals surface area (Å²) < 4.78 is 1.00. The Morgan fingerprint density at radius 2 is 2.29 bits per heavy atom. The Morgan fingerprint density at radius 3 is 2.93 bits per heavy atom. The molecular formula is C10H8BrNOS. The van der Waals surface area contributed by atoms with Crippen molar-refractivity contribution in [3.8, 4) is 0 Å². The summed E-state index contributed by atoms with van der Waals surface area (Å²) in [6.07, 6.45) is 0.867. The lowest BCUT2D eigenvalue weighted by molar-refractivity contribution is 0.112. The van der Waals surface area contributed by atoms with Gasteiger partial charge in [-0.2, -0.15) is 0 Å². The number of anilines is 1. The van der Waals surface area contributed by atoms with Crippen LogP contribution in [0.5, 0.6) is 0 Å². The van der Waals surface area contributed by atoms with Crippen LogP contribution in [0.1, 0.15) is 15.9 Å². The van der Waals surface area contributed by atoms with Gasteiger partial charge in [0.05, 0.1) is 10.4 Å². The second-order valence-corrected chi connectivity index (χ2v) is 4.40. The Labute approximate surface area is 93.9 Å². The van der Waals surface area contributed by atoms with Crippen LogP contribution in [0.4, 0.5) is 5.69 Å². The van der Waals surface area contributed by atoms with E-state index in [0.717, 1.165) is 38.5 Å². The molecule has 4 heteroatoms. The van der Waals surface area contributed by atoms with E-state index in [1.54, 1.807) is 0 Å². The third-order valence-electron chi connectivity index (χ3n) is 2.17. The Hall–Kier alpha value is -0.870. The molecule has 0 unspecified atom stereocenters. The van der Waals surface area contributed by atoms with Crippen LogP contribution in [-0.4, -0.2) is 6.29 Å². The summed E-state index contributed by atoms with van der Waals surface area (Å²) in [5, 5.41) is 3.53. The molecule has 0 aliphatic heterocycles. The van der Waals surface area contributed by atoms with Gasteiger partial charge in [-0.25, -0.2) is 0 Å². The van der Waals surface area contributed by atoms with Gasteiger partial charge in [0.15, 0.2) is 6.29 Å². The summed E-state index contributed by atoms with van der Waals surface area (Å²) in [6.45, 7) is 0. The number of rotatable bonds is 2. The molecule has 0 saturated heterocycles. The minimum atomic E-state index is 0.720. The second-order valence-electron chi connectivity index (χ2n) is 2.96. The van der Waals surface area contributed by atoms with Gasteiger partial charge in [-0.15, -0.1) is 11.3 Å². The number of benzene rings is 1. The zero-order chi connectivity index (χ0) is 10.1. The Kier molecular flexibility index (Phi) is 2.56. The number of carbonyl (C=O) groups excluding carboxylic acids is 1. The van der Waals surface area contributed by atoms with E-state index >= 15 is 0 Å². The van der Waals surface area contributed by atoms with Crippen molar-refractivity contribution in [1.82, 2.24) is 0 Å². The summed E-state index contributed by atoms with van der Waals surface area (Å²) in [5.74, 6) is 0. The van der Waals surface area contributed by atoms with E-state index < -0.39 is 0 Å². The molecule has 72 valence electrons. The van der Waals surface area contributed by atoms with Crippen LogP contribution in [-0.2, 0) is 5.33 Å². The molecule has 0 spiro atoms. The molecule has 2 rings (SSSR count). The van der Waals surface area contributed by atoms with E-state index in [1.165, 1.54) is 11.3 Å². The first-order chi connectivity index (χ1) is 6.77. The number of hydrogen-bond donors (Lipinski definition) is 1. The van der Waals surface area contributed by atoms with Gasteiger partial charge in [-0.1, -0.05) is 28.1 Å². The molecule has 0 aliphatic rings. The number of alkyl halides is 1. The number of halogens is 1. The van der Waals surface area contributed by atoms with E-state index in [1.807, 2.05) is 17.5 Å². The number of hydrogen-bond acceptors (Lipinski definition) is 3. The molecule has 0 aliphatic carbocycles. The fraction of sp³-hybridized carbons (Fsp3) is 0.100. The van der Waals surface area contributed by atoms with Gasteiger partial charge in [0.1, 0.15) is 0 Å². The molecule has 0 saturated carbocycles. The number of carbonyl (C=O) groups is 1. The molecular weight excluding hydrogens is 262 g/mol. The van der Waals surface area contributed by atoms with Crippen molar-refractivity contribution in [2.24, 2.45) is 0 Å². The fourth-order valence-corrected chi connectivity index (χ4v) is 2.88. The molecule has 0 bridgehead atoms. The maximum atomic E-state index is 10.7. The minimum Gasteiger partial charge on any atom is -0.397 e. The van der Waals surface area contributed by atoms with Crippen molar-refractivity contribution in [1.29, 1.82) is 0 Å². The minimum absolute atomic E-state index is 0.720. The van der Waals surface area contributed by atoms with Crippen molar-refractivity contribution in [3.63, 3.8) is 0 Å². The summed E-state index contributed by atoms with van der Waals surface area (Å²) in [4.78, 5) is 10.7. The summed E-state index contributed by atoms with van der Waals surface area (Å²) in [5.41, 5.74) is 8.52. The van der Waals surface area contributed by atoms with Crippen LogP contribution in [0.15, 0.2) is 17.5 Å². The molecule has 2 aromatic rings. The van der Waals surface area contributed by atoms with Crippen LogP contribution in [0.25, 0.3) is 10.1 Å². The summed E-state index contributed by atoms with van der Waals surface area (Å²) in [7, 11) is 0. The third-order valence-corrected chi connectivity index (χ3v) is 3.82. The molecule has 1 aromatic heterocycles. The quantitative estimate of drug-likeness (QED) is 0.517. The van der Waals surface area contributed by atoms with Gasteiger partial charge in [0.25, 0.3) is 0 Å². The lowest BCUT2D eigenvalue weighted by atomic mass is 10.1. The average Bonchev–Trinajstić information content (AvgIpc) is 2.62. The smallest absolute Gasteiger partial charge is 0.151 e. The normalized spacial score (nSPS) is 10.6. The topological polar surface area (TPSA) is 43.1 Å². The first kappa shape index (κ1) is 9.68. The van der Waals surface area contributed by atoms with Gasteiger partial charge >= 0.3 is 0 Å². The Bertz CT molecular complexity index is 492.